The average Bonchev–Trinajstić information content (AvgIpc) is 2.45. The summed E-state index contributed by atoms with van der Waals surface area (Å²) in [6.45, 7) is 6.40. The van der Waals surface area contributed by atoms with Gasteiger partial charge in [0.15, 0.2) is 0 Å². The van der Waals surface area contributed by atoms with Crippen molar-refractivity contribution in [3.05, 3.63) is 0 Å². The molecule has 0 radical (unpaired) electrons. The zero-order chi connectivity index (χ0) is 16.5. The molecule has 0 saturated heterocycles. The van der Waals surface area contributed by atoms with Crippen molar-refractivity contribution in [1.82, 2.24) is 4.90 Å². The smallest absolute Gasteiger partial charge is 0.325 e. The van der Waals surface area contributed by atoms with Crippen molar-refractivity contribution in [3.8, 4) is 0 Å². The van der Waals surface area contributed by atoms with E-state index in [0.29, 0.717) is 19.4 Å². The van der Waals surface area contributed by atoms with Gasteiger partial charge in [0.2, 0.25) is 5.91 Å². The van der Waals surface area contributed by atoms with E-state index in [1.54, 1.807) is 0 Å². The minimum Gasteiger partial charge on any atom is -0.468 e. The van der Waals surface area contributed by atoms with Crippen molar-refractivity contribution in [2.24, 2.45) is 11.1 Å². The van der Waals surface area contributed by atoms with E-state index in [2.05, 4.69) is 4.74 Å². The van der Waals surface area contributed by atoms with Gasteiger partial charge in [-0.15, -0.1) is 0 Å². The lowest BCUT2D eigenvalue weighted by atomic mass is 9.77. The molecule has 0 aliphatic heterocycles. The third kappa shape index (κ3) is 5.26. The molecule has 0 unspecified atom stereocenters. The molecule has 0 aromatic carbocycles. The number of rotatable bonds is 10. The Hall–Kier alpha value is -1.17. The summed E-state index contributed by atoms with van der Waals surface area (Å²) in [5.74, 6) is -0.576. The molecule has 0 bridgehead atoms. The predicted molar refractivity (Wildman–Crippen MR) is 87.9 cm³/mol. The van der Waals surface area contributed by atoms with Crippen LogP contribution >= 0.6 is 12.2 Å². The Morgan fingerprint density at radius 2 is 1.67 bits per heavy atom. The quantitative estimate of drug-likeness (QED) is 0.494. The van der Waals surface area contributed by atoms with Crippen LogP contribution in [0, 0.1) is 5.41 Å². The van der Waals surface area contributed by atoms with Gasteiger partial charge in [-0.1, -0.05) is 45.8 Å². The zero-order valence-electron chi connectivity index (χ0n) is 13.6. The van der Waals surface area contributed by atoms with Gasteiger partial charge in [0.1, 0.15) is 6.54 Å². The summed E-state index contributed by atoms with van der Waals surface area (Å²) in [4.78, 5) is 26.3. The van der Waals surface area contributed by atoms with Gasteiger partial charge in [0.05, 0.1) is 17.5 Å². The molecule has 0 aliphatic rings. The summed E-state index contributed by atoms with van der Waals surface area (Å²) in [5, 5.41) is 0. The van der Waals surface area contributed by atoms with Crippen LogP contribution in [0.2, 0.25) is 0 Å². The fourth-order valence-electron chi connectivity index (χ4n) is 2.59. The lowest BCUT2D eigenvalue weighted by Gasteiger charge is -2.36. The SMILES string of the molecule is CCCN(CC(=O)OC)C(=O)C(CCC)(CCC)C(N)=S. The van der Waals surface area contributed by atoms with E-state index in [-0.39, 0.29) is 17.4 Å². The molecular formula is C15H28N2O3S. The summed E-state index contributed by atoms with van der Waals surface area (Å²) < 4.78 is 4.67. The Kier molecular flexibility index (Phi) is 9.17. The highest BCUT2D eigenvalue weighted by atomic mass is 32.1. The first kappa shape index (κ1) is 19.8. The first-order valence-electron chi connectivity index (χ1n) is 7.55. The highest BCUT2D eigenvalue weighted by molar-refractivity contribution is 7.80. The maximum atomic E-state index is 13.0. The Morgan fingerprint density at radius 3 is 2.00 bits per heavy atom. The number of carbonyl (C=O) groups is 2. The zero-order valence-corrected chi connectivity index (χ0v) is 14.4. The second-order valence-corrected chi connectivity index (χ2v) is 5.69. The Bertz CT molecular complexity index is 366. The van der Waals surface area contributed by atoms with E-state index >= 15 is 0 Å². The van der Waals surface area contributed by atoms with Gasteiger partial charge in [0.25, 0.3) is 0 Å². The minimum atomic E-state index is -0.845. The Morgan fingerprint density at radius 1 is 1.14 bits per heavy atom. The number of carbonyl (C=O) groups excluding carboxylic acids is 2. The monoisotopic (exact) mass is 316 g/mol. The lowest BCUT2D eigenvalue weighted by Crippen LogP contribution is -2.52. The van der Waals surface area contributed by atoms with Crippen molar-refractivity contribution in [2.75, 3.05) is 20.2 Å². The Labute approximate surface area is 133 Å². The molecule has 0 spiro atoms. The number of ether oxygens (including phenoxy) is 1. The van der Waals surface area contributed by atoms with Crippen LogP contribution in [0.25, 0.3) is 0 Å². The average molecular weight is 316 g/mol. The van der Waals surface area contributed by atoms with E-state index in [1.807, 2.05) is 20.8 Å². The van der Waals surface area contributed by atoms with E-state index in [0.717, 1.165) is 19.3 Å². The van der Waals surface area contributed by atoms with Gasteiger partial charge in [0, 0.05) is 6.54 Å². The molecule has 21 heavy (non-hydrogen) atoms. The largest absolute Gasteiger partial charge is 0.468 e. The molecule has 0 aromatic heterocycles. The number of nitrogens with two attached hydrogens (primary N) is 1. The number of nitrogens with zero attached hydrogens (tertiary/aromatic N) is 1. The number of hydrogen-bond acceptors (Lipinski definition) is 4. The highest BCUT2D eigenvalue weighted by Gasteiger charge is 2.42. The first-order valence-corrected chi connectivity index (χ1v) is 7.96. The highest BCUT2D eigenvalue weighted by Crippen LogP contribution is 2.33. The van der Waals surface area contributed by atoms with Crippen LogP contribution < -0.4 is 5.73 Å². The number of methoxy groups -OCH3 is 1. The summed E-state index contributed by atoms with van der Waals surface area (Å²) in [6, 6.07) is 0. The van der Waals surface area contributed by atoms with E-state index in [4.69, 9.17) is 18.0 Å². The molecule has 2 N–H and O–H groups in total. The third-order valence-corrected chi connectivity index (χ3v) is 3.95. The van der Waals surface area contributed by atoms with Crippen molar-refractivity contribution in [2.45, 2.75) is 52.9 Å². The van der Waals surface area contributed by atoms with Gasteiger partial charge in [-0.25, -0.2) is 0 Å². The maximum absolute atomic E-state index is 13.0. The molecule has 6 heteroatoms. The summed E-state index contributed by atoms with van der Waals surface area (Å²) in [5.41, 5.74) is 5.06. The van der Waals surface area contributed by atoms with Crippen molar-refractivity contribution < 1.29 is 14.3 Å². The summed E-state index contributed by atoms with van der Waals surface area (Å²) in [7, 11) is 1.32. The van der Waals surface area contributed by atoms with E-state index in [9.17, 15) is 9.59 Å². The lowest BCUT2D eigenvalue weighted by molar-refractivity contribution is -0.150. The molecule has 122 valence electrons. The fourth-order valence-corrected chi connectivity index (χ4v) is 2.88. The molecule has 0 rings (SSSR count). The van der Waals surface area contributed by atoms with Crippen LogP contribution in [0.3, 0.4) is 0 Å². The van der Waals surface area contributed by atoms with Crippen molar-refractivity contribution in [1.29, 1.82) is 0 Å². The molecule has 0 saturated carbocycles. The normalized spacial score (nSPS) is 11.0. The van der Waals surface area contributed by atoms with Gasteiger partial charge in [-0.2, -0.15) is 0 Å². The minimum absolute atomic E-state index is 0.0546. The van der Waals surface area contributed by atoms with Crippen molar-refractivity contribution >= 4 is 29.1 Å². The molecule has 0 heterocycles. The van der Waals surface area contributed by atoms with Gasteiger partial charge >= 0.3 is 5.97 Å². The van der Waals surface area contributed by atoms with Crippen LogP contribution in [-0.2, 0) is 14.3 Å². The predicted octanol–water partition coefficient (Wildman–Crippen LogP) is 2.27. The summed E-state index contributed by atoms with van der Waals surface area (Å²) in [6.07, 6.45) is 3.59. The summed E-state index contributed by atoms with van der Waals surface area (Å²) >= 11 is 5.20. The standard InChI is InChI=1S/C15H28N2O3S/c1-5-8-15(9-6-2,13(16)21)14(19)17(10-7-3)11-12(18)20-4/h5-11H2,1-4H3,(H2,16,21). The van der Waals surface area contributed by atoms with Crippen LogP contribution in [-0.4, -0.2) is 42.0 Å². The van der Waals surface area contributed by atoms with Crippen LogP contribution in [0.1, 0.15) is 52.9 Å². The van der Waals surface area contributed by atoms with E-state index < -0.39 is 11.4 Å². The third-order valence-electron chi connectivity index (χ3n) is 3.56. The number of esters is 1. The van der Waals surface area contributed by atoms with Crippen molar-refractivity contribution in [3.63, 3.8) is 0 Å². The van der Waals surface area contributed by atoms with Crippen LogP contribution in [0.4, 0.5) is 0 Å². The first-order chi connectivity index (χ1) is 9.89. The second-order valence-electron chi connectivity index (χ2n) is 5.25. The maximum Gasteiger partial charge on any atom is 0.325 e. The van der Waals surface area contributed by atoms with Gasteiger partial charge in [-0.05, 0) is 19.3 Å². The van der Waals surface area contributed by atoms with Crippen LogP contribution in [0.15, 0.2) is 0 Å². The topological polar surface area (TPSA) is 72.6 Å². The van der Waals surface area contributed by atoms with Gasteiger partial charge in [-0.3, -0.25) is 9.59 Å². The second kappa shape index (κ2) is 9.71. The molecule has 0 atom stereocenters. The molecule has 0 aliphatic carbocycles. The van der Waals surface area contributed by atoms with Crippen LogP contribution in [0.5, 0.6) is 0 Å². The molecule has 5 nitrogen and oxygen atoms in total. The number of amides is 1. The van der Waals surface area contributed by atoms with E-state index in [1.165, 1.54) is 12.0 Å². The number of thiocarbonyl (C=S) groups is 1. The molecule has 0 aromatic rings. The number of hydrogen-bond donors (Lipinski definition) is 1. The Balaban J connectivity index is 5.45. The van der Waals surface area contributed by atoms with Gasteiger partial charge < -0.3 is 15.4 Å². The fraction of sp³-hybridized carbons (Fsp3) is 0.800. The molecule has 1 amide bonds. The molecule has 0 fully saturated rings. The molecular weight excluding hydrogens is 288 g/mol.